The van der Waals surface area contributed by atoms with E-state index in [4.69, 9.17) is 23.2 Å². The molecule has 0 aromatic heterocycles. The lowest BCUT2D eigenvalue weighted by Crippen LogP contribution is -2.54. The monoisotopic (exact) mass is 681 g/mol. The fourth-order valence-electron chi connectivity index (χ4n) is 5.64. The Balaban J connectivity index is 1.57. The number of hydrogen-bond acceptors (Lipinski definition) is 4. The molecule has 4 aromatic carbocycles. The number of halogens is 3. The van der Waals surface area contributed by atoms with Crippen LogP contribution in [0.3, 0.4) is 0 Å². The van der Waals surface area contributed by atoms with E-state index in [0.717, 1.165) is 41.6 Å². The molecule has 0 radical (unpaired) electrons. The lowest BCUT2D eigenvalue weighted by atomic mass is 10.0. The second kappa shape index (κ2) is 15.1. The van der Waals surface area contributed by atoms with Gasteiger partial charge >= 0.3 is 0 Å². The minimum atomic E-state index is -4.33. The lowest BCUT2D eigenvalue weighted by molar-refractivity contribution is -0.140. The summed E-state index contributed by atoms with van der Waals surface area (Å²) in [4.78, 5) is 29.9. The van der Waals surface area contributed by atoms with Gasteiger partial charge in [0.25, 0.3) is 10.0 Å². The average Bonchev–Trinajstić information content (AvgIpc) is 3.56. The Hall–Kier alpha value is -3.92. The molecule has 1 aliphatic rings. The van der Waals surface area contributed by atoms with Crippen LogP contribution in [0.4, 0.5) is 10.1 Å². The highest BCUT2D eigenvalue weighted by Gasteiger charge is 2.35. The summed E-state index contributed by atoms with van der Waals surface area (Å²) in [7, 11) is -4.33. The molecule has 1 saturated carbocycles. The molecule has 0 spiro atoms. The van der Waals surface area contributed by atoms with Crippen molar-refractivity contribution in [3.8, 4) is 0 Å². The van der Waals surface area contributed by atoms with E-state index in [2.05, 4.69) is 5.32 Å². The van der Waals surface area contributed by atoms with Crippen LogP contribution < -0.4 is 9.62 Å². The number of nitrogens with zero attached hydrogens (tertiary/aromatic N) is 2. The molecular formula is C35H34Cl2FN3O4S. The highest BCUT2D eigenvalue weighted by molar-refractivity contribution is 7.92. The molecule has 0 heterocycles. The SMILES string of the molecule is O=C(NC1CCCC1)C(Cc1ccccc1)N(Cc1cccc(Cl)c1)C(=O)CN(c1ccc(F)c(Cl)c1)S(=O)(=O)c1ccccc1. The number of rotatable bonds is 12. The van der Waals surface area contributed by atoms with Gasteiger partial charge in [-0.05, 0) is 66.4 Å². The van der Waals surface area contributed by atoms with E-state index in [1.165, 1.54) is 29.2 Å². The number of carbonyl (C=O) groups excluding carboxylic acids is 2. The first-order valence-electron chi connectivity index (χ1n) is 15.0. The first-order chi connectivity index (χ1) is 22.1. The molecule has 1 aliphatic carbocycles. The molecular weight excluding hydrogens is 648 g/mol. The molecule has 1 fully saturated rings. The molecule has 11 heteroatoms. The third-order valence-corrected chi connectivity index (χ3v) is 10.3. The van der Waals surface area contributed by atoms with E-state index >= 15 is 0 Å². The Morgan fingerprint density at radius 2 is 1.50 bits per heavy atom. The normalized spacial score (nSPS) is 14.1. The van der Waals surface area contributed by atoms with Crippen LogP contribution in [-0.2, 0) is 32.6 Å². The van der Waals surface area contributed by atoms with Gasteiger partial charge < -0.3 is 10.2 Å². The number of benzene rings is 4. The molecule has 2 amide bonds. The number of hydrogen-bond donors (Lipinski definition) is 1. The summed E-state index contributed by atoms with van der Waals surface area (Å²) in [6.45, 7) is -0.694. The van der Waals surface area contributed by atoms with Crippen LogP contribution in [0.5, 0.6) is 0 Å². The van der Waals surface area contributed by atoms with E-state index in [1.54, 1.807) is 42.5 Å². The van der Waals surface area contributed by atoms with E-state index in [1.807, 2.05) is 30.3 Å². The molecule has 0 aliphatic heterocycles. The predicted molar refractivity (Wildman–Crippen MR) is 179 cm³/mol. The molecule has 240 valence electrons. The molecule has 46 heavy (non-hydrogen) atoms. The zero-order chi connectivity index (χ0) is 32.7. The number of sulfonamides is 1. The summed E-state index contributed by atoms with van der Waals surface area (Å²) in [6, 6.07) is 26.4. The van der Waals surface area contributed by atoms with E-state index in [-0.39, 0.29) is 40.5 Å². The maximum atomic E-state index is 14.5. The number of anilines is 1. The van der Waals surface area contributed by atoms with E-state index in [0.29, 0.717) is 10.6 Å². The van der Waals surface area contributed by atoms with Crippen molar-refractivity contribution in [2.75, 3.05) is 10.8 Å². The van der Waals surface area contributed by atoms with Crippen molar-refractivity contribution < 1.29 is 22.4 Å². The van der Waals surface area contributed by atoms with Gasteiger partial charge in [-0.15, -0.1) is 0 Å². The van der Waals surface area contributed by atoms with Gasteiger partial charge in [0.15, 0.2) is 0 Å². The smallest absolute Gasteiger partial charge is 0.264 e. The molecule has 1 atom stereocenters. The van der Waals surface area contributed by atoms with Crippen LogP contribution >= 0.6 is 23.2 Å². The summed E-state index contributed by atoms with van der Waals surface area (Å²) in [5, 5.41) is 3.29. The van der Waals surface area contributed by atoms with Crippen LogP contribution in [0.25, 0.3) is 0 Å². The Morgan fingerprint density at radius 3 is 2.15 bits per heavy atom. The van der Waals surface area contributed by atoms with Crippen molar-refractivity contribution >= 4 is 50.7 Å². The van der Waals surface area contributed by atoms with Gasteiger partial charge in [-0.3, -0.25) is 13.9 Å². The molecule has 0 bridgehead atoms. The molecule has 1 N–H and O–H groups in total. The molecule has 1 unspecified atom stereocenters. The van der Waals surface area contributed by atoms with Crippen molar-refractivity contribution in [1.82, 2.24) is 10.2 Å². The van der Waals surface area contributed by atoms with Crippen molar-refractivity contribution in [2.24, 2.45) is 0 Å². The van der Waals surface area contributed by atoms with Gasteiger partial charge in [0.2, 0.25) is 11.8 Å². The summed E-state index contributed by atoms with van der Waals surface area (Å²) >= 11 is 12.4. The van der Waals surface area contributed by atoms with Crippen LogP contribution in [-0.4, -0.2) is 43.8 Å². The third-order valence-electron chi connectivity index (χ3n) is 8.02. The molecule has 7 nitrogen and oxygen atoms in total. The van der Waals surface area contributed by atoms with Crippen molar-refractivity contribution in [2.45, 2.75) is 55.6 Å². The maximum Gasteiger partial charge on any atom is 0.264 e. The standard InChI is InChI=1S/C35H34Cl2FN3O4S/c36-27-13-9-12-26(20-27)23-40(33(21-25-10-3-1-4-11-25)35(43)39-28-14-7-8-15-28)34(42)24-41(29-18-19-32(38)31(37)22-29)46(44,45)30-16-5-2-6-17-30/h1-6,9-13,16-20,22,28,33H,7-8,14-15,21,23-24H2,(H,39,43). The number of amides is 2. The van der Waals surface area contributed by atoms with E-state index in [9.17, 15) is 22.4 Å². The van der Waals surface area contributed by atoms with Crippen molar-refractivity contribution in [3.63, 3.8) is 0 Å². The first-order valence-corrected chi connectivity index (χ1v) is 17.2. The summed E-state index contributed by atoms with van der Waals surface area (Å²) in [5.74, 6) is -1.70. The maximum absolute atomic E-state index is 14.5. The zero-order valence-corrected chi connectivity index (χ0v) is 27.3. The van der Waals surface area contributed by atoms with Gasteiger partial charge in [0, 0.05) is 24.0 Å². The Morgan fingerprint density at radius 1 is 0.848 bits per heavy atom. The van der Waals surface area contributed by atoms with Gasteiger partial charge in [0.05, 0.1) is 15.6 Å². The molecule has 4 aromatic rings. The van der Waals surface area contributed by atoms with Crippen LogP contribution in [0.15, 0.2) is 108 Å². The largest absolute Gasteiger partial charge is 0.352 e. The lowest BCUT2D eigenvalue weighted by Gasteiger charge is -2.34. The summed E-state index contributed by atoms with van der Waals surface area (Å²) in [6.07, 6.45) is 3.90. The van der Waals surface area contributed by atoms with Gasteiger partial charge in [0.1, 0.15) is 18.4 Å². The fraction of sp³-hybridized carbons (Fsp3) is 0.257. The Bertz CT molecular complexity index is 1770. The van der Waals surface area contributed by atoms with Crippen LogP contribution in [0.2, 0.25) is 10.0 Å². The summed E-state index contributed by atoms with van der Waals surface area (Å²) in [5.41, 5.74) is 1.49. The minimum Gasteiger partial charge on any atom is -0.352 e. The van der Waals surface area contributed by atoms with Gasteiger partial charge in [-0.1, -0.05) is 96.7 Å². The number of carbonyl (C=O) groups is 2. The minimum absolute atomic E-state index is 0.00123. The van der Waals surface area contributed by atoms with Crippen LogP contribution in [0, 0.1) is 5.82 Å². The predicted octanol–water partition coefficient (Wildman–Crippen LogP) is 7.03. The highest BCUT2D eigenvalue weighted by Crippen LogP contribution is 2.29. The Labute approximate surface area is 279 Å². The van der Waals surface area contributed by atoms with E-state index < -0.39 is 34.3 Å². The average molecular weight is 683 g/mol. The quantitative estimate of drug-likeness (QED) is 0.174. The third kappa shape index (κ3) is 8.26. The van der Waals surface area contributed by atoms with Crippen molar-refractivity contribution in [3.05, 3.63) is 130 Å². The van der Waals surface area contributed by atoms with Gasteiger partial charge in [-0.2, -0.15) is 0 Å². The van der Waals surface area contributed by atoms with Crippen LogP contribution in [0.1, 0.15) is 36.8 Å². The zero-order valence-electron chi connectivity index (χ0n) is 25.0. The van der Waals surface area contributed by atoms with Gasteiger partial charge in [-0.25, -0.2) is 12.8 Å². The van der Waals surface area contributed by atoms with Crippen molar-refractivity contribution in [1.29, 1.82) is 0 Å². The topological polar surface area (TPSA) is 86.8 Å². The molecule has 0 saturated heterocycles. The first kappa shape index (κ1) is 33.4. The summed E-state index contributed by atoms with van der Waals surface area (Å²) < 4.78 is 43.2. The Kier molecular flexibility index (Phi) is 11.0. The fourth-order valence-corrected chi connectivity index (χ4v) is 7.46. The second-order valence-electron chi connectivity index (χ2n) is 11.3. The highest BCUT2D eigenvalue weighted by atomic mass is 35.5. The molecule has 5 rings (SSSR count). The second-order valence-corrected chi connectivity index (χ2v) is 14.0. The number of nitrogens with one attached hydrogen (secondary N) is 1.